The maximum absolute atomic E-state index is 4.42. The molecule has 0 aliphatic carbocycles. The summed E-state index contributed by atoms with van der Waals surface area (Å²) < 4.78 is 1.99. The average molecular weight is 325 g/mol. The summed E-state index contributed by atoms with van der Waals surface area (Å²) in [6, 6.07) is 13.5. The lowest BCUT2D eigenvalue weighted by Gasteiger charge is -2.31. The molecule has 2 aromatic heterocycles. The molecule has 0 spiro atoms. The zero-order valence-electron chi connectivity index (χ0n) is 13.2. The fraction of sp³-hybridized carbons (Fsp3) is 0.294. The molecule has 118 valence electrons. The largest absolute Gasteiger partial charge is 0.378 e. The predicted molar refractivity (Wildman–Crippen MR) is 94.2 cm³/mol. The van der Waals surface area contributed by atoms with Gasteiger partial charge in [0.05, 0.1) is 12.1 Å². The van der Waals surface area contributed by atoms with E-state index in [1.54, 1.807) is 17.7 Å². The summed E-state index contributed by atoms with van der Waals surface area (Å²) in [4.78, 5) is 7.83. The minimum absolute atomic E-state index is 0.206. The van der Waals surface area contributed by atoms with E-state index in [-0.39, 0.29) is 12.1 Å². The first-order chi connectivity index (χ1) is 11.2. The van der Waals surface area contributed by atoms with Crippen LogP contribution in [0.25, 0.3) is 0 Å². The minimum atomic E-state index is 0.206. The third kappa shape index (κ3) is 2.59. The van der Waals surface area contributed by atoms with Crippen molar-refractivity contribution in [3.8, 4) is 0 Å². The maximum atomic E-state index is 4.42. The Kier molecular flexibility index (Phi) is 3.53. The first kappa shape index (κ1) is 14.3. The van der Waals surface area contributed by atoms with Crippen LogP contribution in [0.1, 0.15) is 28.9 Å². The number of hydrogen-bond donors (Lipinski definition) is 1. The van der Waals surface area contributed by atoms with Crippen LogP contribution in [0.15, 0.2) is 48.1 Å². The van der Waals surface area contributed by atoms with Gasteiger partial charge in [-0.25, -0.2) is 4.68 Å². The molecule has 0 fully saturated rings. The summed E-state index contributed by atoms with van der Waals surface area (Å²) in [6.45, 7) is 0. The Balaban J connectivity index is 1.69. The molecule has 0 saturated carbocycles. The molecule has 0 radical (unpaired) electrons. The Morgan fingerprint density at radius 2 is 2.04 bits per heavy atom. The van der Waals surface area contributed by atoms with Gasteiger partial charge in [0.15, 0.2) is 0 Å². The van der Waals surface area contributed by atoms with Crippen LogP contribution in [0.3, 0.4) is 0 Å². The van der Waals surface area contributed by atoms with Crippen molar-refractivity contribution in [2.24, 2.45) is 0 Å². The van der Waals surface area contributed by atoms with E-state index in [0.29, 0.717) is 0 Å². The third-order valence-corrected chi connectivity index (χ3v) is 5.30. The monoisotopic (exact) mass is 325 g/mol. The molecular formula is C17H19N5S. The Hall–Kier alpha value is -2.34. The van der Waals surface area contributed by atoms with Gasteiger partial charge in [0.1, 0.15) is 6.33 Å². The second-order valence-electron chi connectivity index (χ2n) is 5.98. The standard InChI is InChI=1S/C17H19N5S/c1-21(2)13-7-5-12(6-8-13)15-10-14(16-4-3-9-23-16)20-17-18-11-19-22(15)17/h3-9,11,14-15H,10H2,1-2H3,(H,18,19,20)/t14-,15+/m0/s1. The lowest BCUT2D eigenvalue weighted by atomic mass is 9.96. The first-order valence-electron chi connectivity index (χ1n) is 7.69. The van der Waals surface area contributed by atoms with Crippen molar-refractivity contribution in [1.82, 2.24) is 14.8 Å². The summed E-state index contributed by atoms with van der Waals surface area (Å²) in [5.41, 5.74) is 2.47. The van der Waals surface area contributed by atoms with E-state index in [0.717, 1.165) is 12.4 Å². The molecule has 1 aliphatic rings. The van der Waals surface area contributed by atoms with Gasteiger partial charge < -0.3 is 10.2 Å². The lowest BCUT2D eigenvalue weighted by molar-refractivity contribution is 0.433. The summed E-state index contributed by atoms with van der Waals surface area (Å²) in [5.74, 6) is 0.844. The number of benzene rings is 1. The van der Waals surface area contributed by atoms with E-state index < -0.39 is 0 Å². The molecule has 1 aromatic carbocycles. The maximum Gasteiger partial charge on any atom is 0.222 e. The number of nitrogens with zero attached hydrogens (tertiary/aromatic N) is 4. The summed E-state index contributed by atoms with van der Waals surface area (Å²) in [6.07, 6.45) is 2.60. The molecule has 6 heteroatoms. The first-order valence-corrected chi connectivity index (χ1v) is 8.57. The van der Waals surface area contributed by atoms with Gasteiger partial charge in [0.25, 0.3) is 0 Å². The summed E-state index contributed by atoms with van der Waals surface area (Å²) in [7, 11) is 4.11. The molecule has 23 heavy (non-hydrogen) atoms. The third-order valence-electron chi connectivity index (χ3n) is 4.31. The second-order valence-corrected chi connectivity index (χ2v) is 6.96. The van der Waals surface area contributed by atoms with Crippen molar-refractivity contribution in [3.05, 3.63) is 58.5 Å². The molecule has 3 aromatic rings. The van der Waals surface area contributed by atoms with E-state index in [1.165, 1.54) is 16.1 Å². The van der Waals surface area contributed by atoms with Gasteiger partial charge in [-0.15, -0.1) is 11.3 Å². The number of rotatable bonds is 3. The van der Waals surface area contributed by atoms with Gasteiger partial charge in [-0.05, 0) is 35.6 Å². The van der Waals surface area contributed by atoms with Gasteiger partial charge in [0, 0.05) is 24.7 Å². The van der Waals surface area contributed by atoms with Crippen LogP contribution in [0.2, 0.25) is 0 Å². The highest BCUT2D eigenvalue weighted by Gasteiger charge is 2.30. The zero-order chi connectivity index (χ0) is 15.8. The summed E-state index contributed by atoms with van der Waals surface area (Å²) >= 11 is 1.78. The Bertz CT molecular complexity index is 776. The highest BCUT2D eigenvalue weighted by molar-refractivity contribution is 7.10. The smallest absolute Gasteiger partial charge is 0.222 e. The van der Waals surface area contributed by atoms with Gasteiger partial charge in [-0.3, -0.25) is 0 Å². The number of thiophene rings is 1. The van der Waals surface area contributed by atoms with Gasteiger partial charge in [-0.2, -0.15) is 10.1 Å². The van der Waals surface area contributed by atoms with Crippen LogP contribution in [-0.4, -0.2) is 28.9 Å². The van der Waals surface area contributed by atoms with Crippen LogP contribution < -0.4 is 10.2 Å². The average Bonchev–Trinajstić information content (AvgIpc) is 3.25. The summed E-state index contributed by atoms with van der Waals surface area (Å²) in [5, 5.41) is 10.0. The Morgan fingerprint density at radius 1 is 1.22 bits per heavy atom. The normalized spacial score (nSPS) is 19.9. The van der Waals surface area contributed by atoms with Crippen molar-refractivity contribution in [2.75, 3.05) is 24.3 Å². The van der Waals surface area contributed by atoms with E-state index in [9.17, 15) is 0 Å². The molecule has 5 nitrogen and oxygen atoms in total. The van der Waals surface area contributed by atoms with E-state index >= 15 is 0 Å². The lowest BCUT2D eigenvalue weighted by Crippen LogP contribution is -2.27. The van der Waals surface area contributed by atoms with E-state index in [2.05, 4.69) is 76.2 Å². The zero-order valence-corrected chi connectivity index (χ0v) is 14.0. The molecular weight excluding hydrogens is 306 g/mol. The number of anilines is 2. The molecule has 0 amide bonds. The van der Waals surface area contributed by atoms with E-state index in [1.807, 2.05) is 4.68 Å². The van der Waals surface area contributed by atoms with Crippen LogP contribution in [0.4, 0.5) is 11.6 Å². The van der Waals surface area contributed by atoms with Crippen molar-refractivity contribution in [3.63, 3.8) is 0 Å². The molecule has 0 bridgehead atoms. The SMILES string of the molecule is CN(C)c1ccc([C@H]2C[C@@H](c3cccs3)Nc3ncnn32)cc1. The van der Waals surface area contributed by atoms with Gasteiger partial charge in [-0.1, -0.05) is 18.2 Å². The predicted octanol–water partition coefficient (Wildman–Crippen LogP) is 3.55. The van der Waals surface area contributed by atoms with Gasteiger partial charge in [0.2, 0.25) is 5.95 Å². The molecule has 2 atom stereocenters. The van der Waals surface area contributed by atoms with Crippen LogP contribution in [-0.2, 0) is 0 Å². The Labute approximate surface area is 139 Å². The van der Waals surface area contributed by atoms with Crippen molar-refractivity contribution in [2.45, 2.75) is 18.5 Å². The fourth-order valence-corrected chi connectivity index (χ4v) is 3.86. The topological polar surface area (TPSA) is 46.0 Å². The van der Waals surface area contributed by atoms with Crippen LogP contribution >= 0.6 is 11.3 Å². The van der Waals surface area contributed by atoms with Crippen molar-refractivity contribution < 1.29 is 0 Å². The van der Waals surface area contributed by atoms with Gasteiger partial charge >= 0.3 is 0 Å². The molecule has 1 N–H and O–H groups in total. The number of nitrogens with one attached hydrogen (secondary N) is 1. The fourth-order valence-electron chi connectivity index (χ4n) is 3.07. The van der Waals surface area contributed by atoms with Crippen molar-refractivity contribution in [1.29, 1.82) is 0 Å². The molecule has 0 unspecified atom stereocenters. The van der Waals surface area contributed by atoms with Crippen molar-refractivity contribution >= 4 is 23.0 Å². The number of hydrogen-bond acceptors (Lipinski definition) is 5. The number of aromatic nitrogens is 3. The molecule has 3 heterocycles. The molecule has 4 rings (SSSR count). The quantitative estimate of drug-likeness (QED) is 0.800. The van der Waals surface area contributed by atoms with E-state index in [4.69, 9.17) is 0 Å². The van der Waals surface area contributed by atoms with Crippen LogP contribution in [0.5, 0.6) is 0 Å². The molecule has 0 saturated heterocycles. The highest BCUT2D eigenvalue weighted by Crippen LogP contribution is 2.38. The molecule has 1 aliphatic heterocycles. The second kappa shape index (κ2) is 5.70. The number of fused-ring (bicyclic) bond motifs is 1. The minimum Gasteiger partial charge on any atom is -0.378 e. The Morgan fingerprint density at radius 3 is 2.74 bits per heavy atom. The highest BCUT2D eigenvalue weighted by atomic mass is 32.1. The van der Waals surface area contributed by atoms with Crippen LogP contribution in [0, 0.1) is 0 Å².